The van der Waals surface area contributed by atoms with Gasteiger partial charge in [0.1, 0.15) is 16.4 Å². The number of pyridine rings is 1. The van der Waals surface area contributed by atoms with E-state index in [1.807, 2.05) is 0 Å². The summed E-state index contributed by atoms with van der Waals surface area (Å²) in [6.07, 6.45) is 1.49. The van der Waals surface area contributed by atoms with Gasteiger partial charge < -0.3 is 4.74 Å². The lowest BCUT2D eigenvalue weighted by molar-refractivity contribution is 0.0730. The lowest BCUT2D eigenvalue weighted by Gasteiger charge is -2.26. The van der Waals surface area contributed by atoms with Gasteiger partial charge in [0.05, 0.1) is 23.1 Å². The molecule has 0 amide bonds. The summed E-state index contributed by atoms with van der Waals surface area (Å²) in [5.74, 6) is -0.355. The maximum absolute atomic E-state index is 13.1. The summed E-state index contributed by atoms with van der Waals surface area (Å²) >= 11 is 13.2. The van der Waals surface area contributed by atoms with Crippen LogP contribution in [-0.4, -0.2) is 58.2 Å². The first-order valence-corrected chi connectivity index (χ1v) is 16.4. The maximum atomic E-state index is 13.1. The average Bonchev–Trinajstić information content (AvgIpc) is 3.75. The van der Waals surface area contributed by atoms with Gasteiger partial charge in [-0.1, -0.05) is 35.0 Å². The van der Waals surface area contributed by atoms with Crippen LogP contribution in [0.4, 0.5) is 5.82 Å². The van der Waals surface area contributed by atoms with Crippen LogP contribution >= 0.6 is 35.0 Å². The Morgan fingerprint density at radius 3 is 2.31 bits per heavy atom. The number of nitrogens with one attached hydrogen (secondary N) is 1. The highest BCUT2D eigenvalue weighted by Gasteiger charge is 2.33. The number of sulfonamides is 2. The zero-order valence-electron chi connectivity index (χ0n) is 20.3. The van der Waals surface area contributed by atoms with Gasteiger partial charge in [-0.05, 0) is 67.4 Å². The van der Waals surface area contributed by atoms with Gasteiger partial charge in [-0.3, -0.25) is 9.52 Å². The summed E-state index contributed by atoms with van der Waals surface area (Å²) in [4.78, 5) is 18.7. The molecule has 0 bridgehead atoms. The number of ketones is 1. The molecule has 206 valence electrons. The molecule has 2 aliphatic rings. The first-order valence-electron chi connectivity index (χ1n) is 11.9. The predicted molar refractivity (Wildman–Crippen MR) is 149 cm³/mol. The molecule has 5 rings (SSSR count). The van der Waals surface area contributed by atoms with E-state index in [0.29, 0.717) is 41.1 Å². The molecule has 9 nitrogen and oxygen atoms in total. The van der Waals surface area contributed by atoms with E-state index in [2.05, 4.69) is 9.71 Å². The minimum atomic E-state index is -4.10. The van der Waals surface area contributed by atoms with Gasteiger partial charge in [0.25, 0.3) is 10.0 Å². The second kappa shape index (κ2) is 11.4. The second-order valence-corrected chi connectivity index (χ2v) is 14.5. The van der Waals surface area contributed by atoms with E-state index < -0.39 is 20.0 Å². The number of aromatic nitrogens is 1. The van der Waals surface area contributed by atoms with Gasteiger partial charge in [0.15, 0.2) is 5.78 Å². The largest absolute Gasteiger partial charge is 0.379 e. The van der Waals surface area contributed by atoms with Crippen LogP contribution in [0.15, 0.2) is 74.2 Å². The minimum absolute atomic E-state index is 0.0266. The summed E-state index contributed by atoms with van der Waals surface area (Å²) in [5, 5.41) is 0.248. The molecule has 1 saturated carbocycles. The van der Waals surface area contributed by atoms with Crippen LogP contribution in [0, 0.1) is 5.92 Å². The van der Waals surface area contributed by atoms with Gasteiger partial charge >= 0.3 is 0 Å². The number of hydrogen-bond donors (Lipinski definition) is 1. The Hall–Kier alpha value is -2.19. The van der Waals surface area contributed by atoms with Crippen LogP contribution < -0.4 is 4.72 Å². The molecule has 39 heavy (non-hydrogen) atoms. The van der Waals surface area contributed by atoms with Crippen molar-refractivity contribution in [3.8, 4) is 0 Å². The Labute approximate surface area is 241 Å². The number of anilines is 1. The number of morpholine rings is 1. The van der Waals surface area contributed by atoms with Crippen LogP contribution in [0.25, 0.3) is 0 Å². The summed E-state index contributed by atoms with van der Waals surface area (Å²) in [7, 11) is -7.73. The quantitative estimate of drug-likeness (QED) is 0.330. The molecule has 1 aromatic heterocycles. The van der Waals surface area contributed by atoms with Crippen molar-refractivity contribution in [3.63, 3.8) is 0 Å². The number of carbonyl (C=O) groups is 1. The molecule has 0 radical (unpaired) electrons. The summed E-state index contributed by atoms with van der Waals surface area (Å²) in [6.45, 7) is 1.32. The summed E-state index contributed by atoms with van der Waals surface area (Å²) < 4.78 is 60.7. The molecule has 2 heterocycles. The molecular formula is C25H23Cl2N3O6S3. The normalized spacial score (nSPS) is 16.7. The number of nitrogens with zero attached hydrogens (tertiary/aromatic N) is 2. The Balaban J connectivity index is 1.39. The molecule has 0 spiro atoms. The van der Waals surface area contributed by atoms with E-state index in [4.69, 9.17) is 27.9 Å². The van der Waals surface area contributed by atoms with Gasteiger partial charge in [0, 0.05) is 33.8 Å². The van der Waals surface area contributed by atoms with Crippen LogP contribution in [0.5, 0.6) is 0 Å². The van der Waals surface area contributed by atoms with E-state index in [9.17, 15) is 21.6 Å². The van der Waals surface area contributed by atoms with Crippen molar-refractivity contribution >= 4 is 66.6 Å². The standard InChI is InChI=1S/C25H23Cl2N3O6S3/c26-17-3-9-22(20(27)15-17)38(32,33)29-23-10-8-21(24(28-23)25(31)16-1-2-16)37-18-4-6-19(7-5-18)39(34,35)30-11-13-36-14-12-30/h3-10,15-16H,1-2,11-14H2,(H,28,29). The number of rotatable bonds is 9. The van der Waals surface area contributed by atoms with Crippen LogP contribution in [0.1, 0.15) is 23.3 Å². The van der Waals surface area contributed by atoms with Crippen molar-refractivity contribution in [2.45, 2.75) is 32.4 Å². The van der Waals surface area contributed by atoms with Gasteiger partial charge in [-0.15, -0.1) is 0 Å². The third-order valence-corrected chi connectivity index (χ3v) is 11.2. The van der Waals surface area contributed by atoms with Gasteiger partial charge in [0.2, 0.25) is 10.0 Å². The number of ether oxygens (including phenoxy) is 1. The highest BCUT2D eigenvalue weighted by Crippen LogP contribution is 2.38. The minimum Gasteiger partial charge on any atom is -0.379 e. The number of halogens is 2. The first-order chi connectivity index (χ1) is 18.5. The summed E-state index contributed by atoms with van der Waals surface area (Å²) in [6, 6.07) is 13.5. The Bertz CT molecular complexity index is 1620. The molecule has 1 aliphatic heterocycles. The fraction of sp³-hybridized carbons (Fsp3) is 0.280. The van der Waals surface area contributed by atoms with Crippen molar-refractivity contribution in [3.05, 3.63) is 70.3 Å². The van der Waals surface area contributed by atoms with Gasteiger partial charge in [-0.25, -0.2) is 21.8 Å². The molecule has 2 fully saturated rings. The van der Waals surface area contributed by atoms with E-state index in [-0.39, 0.29) is 38.0 Å². The highest BCUT2D eigenvalue weighted by atomic mass is 35.5. The lowest BCUT2D eigenvalue weighted by Crippen LogP contribution is -2.40. The van der Waals surface area contributed by atoms with Gasteiger partial charge in [-0.2, -0.15) is 4.31 Å². The Morgan fingerprint density at radius 2 is 1.67 bits per heavy atom. The van der Waals surface area contributed by atoms with Crippen molar-refractivity contribution in [1.29, 1.82) is 0 Å². The van der Waals surface area contributed by atoms with E-state index in [1.54, 1.807) is 18.2 Å². The number of hydrogen-bond acceptors (Lipinski definition) is 8. The zero-order valence-corrected chi connectivity index (χ0v) is 24.3. The molecule has 2 aromatic carbocycles. The number of carbonyl (C=O) groups excluding carboxylic acids is 1. The molecule has 3 aromatic rings. The fourth-order valence-electron chi connectivity index (χ4n) is 3.93. The van der Waals surface area contributed by atoms with Crippen LogP contribution in [0.3, 0.4) is 0 Å². The Morgan fingerprint density at radius 1 is 0.974 bits per heavy atom. The third-order valence-electron chi connectivity index (χ3n) is 6.12. The smallest absolute Gasteiger partial charge is 0.264 e. The number of Topliss-reactive ketones (excluding diaryl/α,β-unsaturated/α-hetero) is 1. The van der Waals surface area contributed by atoms with Crippen molar-refractivity contribution < 1.29 is 26.4 Å². The monoisotopic (exact) mass is 627 g/mol. The molecule has 1 aliphatic carbocycles. The second-order valence-electron chi connectivity index (χ2n) is 8.95. The van der Waals surface area contributed by atoms with Crippen molar-refractivity contribution in [2.24, 2.45) is 5.92 Å². The maximum Gasteiger partial charge on any atom is 0.264 e. The predicted octanol–water partition coefficient (Wildman–Crippen LogP) is 4.95. The molecule has 1 N–H and O–H groups in total. The Kier molecular flexibility index (Phi) is 8.25. The lowest BCUT2D eigenvalue weighted by atomic mass is 10.2. The zero-order chi connectivity index (χ0) is 27.8. The van der Waals surface area contributed by atoms with Crippen LogP contribution in [-0.2, 0) is 24.8 Å². The van der Waals surface area contributed by atoms with E-state index in [1.165, 1.54) is 52.5 Å². The molecule has 0 unspecified atom stereocenters. The molecular weight excluding hydrogens is 605 g/mol. The van der Waals surface area contributed by atoms with E-state index in [0.717, 1.165) is 12.8 Å². The van der Waals surface area contributed by atoms with Crippen LogP contribution in [0.2, 0.25) is 10.0 Å². The van der Waals surface area contributed by atoms with Crippen molar-refractivity contribution in [2.75, 3.05) is 31.0 Å². The van der Waals surface area contributed by atoms with E-state index >= 15 is 0 Å². The van der Waals surface area contributed by atoms with Crippen molar-refractivity contribution in [1.82, 2.24) is 9.29 Å². The fourth-order valence-corrected chi connectivity index (χ4v) is 8.02. The topological polar surface area (TPSA) is 123 Å². The average molecular weight is 629 g/mol. The SMILES string of the molecule is O=C(c1nc(NS(=O)(=O)c2ccc(Cl)cc2Cl)ccc1Sc1ccc(S(=O)(=O)N2CCOCC2)cc1)C1CC1. The molecule has 0 atom stereocenters. The third kappa shape index (κ3) is 6.43. The number of benzene rings is 2. The first kappa shape index (κ1) is 28.3. The molecule has 1 saturated heterocycles. The summed E-state index contributed by atoms with van der Waals surface area (Å²) in [5.41, 5.74) is 0.148. The molecule has 14 heteroatoms. The highest BCUT2D eigenvalue weighted by molar-refractivity contribution is 7.99.